The zero-order valence-electron chi connectivity index (χ0n) is 7.75. The number of anilines is 2. The average Bonchev–Trinajstić information content (AvgIpc) is 2.87. The molecule has 0 atom stereocenters. The molecule has 3 aromatic heterocycles. The highest BCUT2D eigenvalue weighted by molar-refractivity contribution is 5.96. The number of aromatic nitrogens is 7. The number of H-pyrrole nitrogens is 1. The molecule has 16 heavy (non-hydrogen) atoms. The van der Waals surface area contributed by atoms with Crippen LogP contribution in [0.15, 0.2) is 4.63 Å². The number of nitrogens with zero attached hydrogens (tertiary/aromatic N) is 6. The van der Waals surface area contributed by atoms with Gasteiger partial charge in [-0.1, -0.05) is 0 Å². The lowest BCUT2D eigenvalue weighted by Crippen LogP contribution is -2.01. The molecule has 0 aliphatic heterocycles. The number of nitrogens with one attached hydrogen (secondary N) is 1. The van der Waals surface area contributed by atoms with Gasteiger partial charge in [-0.05, 0) is 15.5 Å². The number of pyridine rings is 1. The Bertz CT molecular complexity index is 641. The summed E-state index contributed by atoms with van der Waals surface area (Å²) in [5.41, 5.74) is 12.7. The van der Waals surface area contributed by atoms with Crippen LogP contribution in [0.25, 0.3) is 22.6 Å². The lowest BCUT2D eigenvalue weighted by Gasteiger charge is -2.02. The fourth-order valence-corrected chi connectivity index (χ4v) is 1.36. The van der Waals surface area contributed by atoms with Crippen LogP contribution < -0.4 is 11.5 Å². The number of aromatic amines is 1. The van der Waals surface area contributed by atoms with Crippen molar-refractivity contribution < 1.29 is 4.63 Å². The first kappa shape index (κ1) is 8.52. The molecule has 0 saturated heterocycles. The van der Waals surface area contributed by atoms with Crippen molar-refractivity contribution in [1.82, 2.24) is 35.9 Å². The van der Waals surface area contributed by atoms with E-state index in [1.54, 1.807) is 0 Å². The fraction of sp³-hybridized carbons (Fsp3) is 0. The molecule has 10 nitrogen and oxygen atoms in total. The predicted molar refractivity (Wildman–Crippen MR) is 51.6 cm³/mol. The minimum absolute atomic E-state index is 0.141. The molecule has 0 fully saturated rings. The summed E-state index contributed by atoms with van der Waals surface area (Å²) in [5.74, 6) is 0.384. The number of nitrogens with two attached hydrogens (primary N) is 2. The van der Waals surface area contributed by atoms with Crippen LogP contribution in [0.1, 0.15) is 0 Å². The predicted octanol–water partition coefficient (Wildman–Crippen LogP) is -1.04. The second kappa shape index (κ2) is 2.85. The molecule has 0 bridgehead atoms. The van der Waals surface area contributed by atoms with E-state index >= 15 is 0 Å². The van der Waals surface area contributed by atoms with Crippen LogP contribution >= 0.6 is 0 Å². The number of fused-ring (bicyclic) bond motifs is 1. The number of hydrogen-bond donors (Lipinski definition) is 3. The zero-order valence-corrected chi connectivity index (χ0v) is 7.75. The number of rotatable bonds is 1. The third-order valence-corrected chi connectivity index (χ3v) is 2.05. The van der Waals surface area contributed by atoms with Gasteiger partial charge in [0.25, 0.3) is 0 Å². The van der Waals surface area contributed by atoms with Crippen LogP contribution in [0, 0.1) is 0 Å². The van der Waals surface area contributed by atoms with E-state index < -0.39 is 0 Å². The molecule has 3 heterocycles. The van der Waals surface area contributed by atoms with E-state index in [-0.39, 0.29) is 23.0 Å². The highest BCUT2D eigenvalue weighted by atomic mass is 16.6. The minimum atomic E-state index is 0.141. The van der Waals surface area contributed by atoms with Gasteiger partial charge in [0.1, 0.15) is 5.82 Å². The molecule has 0 radical (unpaired) electrons. The summed E-state index contributed by atoms with van der Waals surface area (Å²) < 4.78 is 4.51. The summed E-state index contributed by atoms with van der Waals surface area (Å²) >= 11 is 0. The minimum Gasteiger partial charge on any atom is -0.396 e. The number of nitrogen functional groups attached to an aromatic ring is 2. The van der Waals surface area contributed by atoms with E-state index in [4.69, 9.17) is 11.5 Å². The van der Waals surface area contributed by atoms with Gasteiger partial charge in [-0.3, -0.25) is 0 Å². The molecule has 0 aliphatic rings. The smallest absolute Gasteiger partial charge is 0.228 e. The Balaban J connectivity index is 2.39. The SMILES string of the molecule is Nc1nc2nonc2c(N)c1-c1nn[nH]n1. The Morgan fingerprint density at radius 1 is 1.19 bits per heavy atom. The van der Waals surface area contributed by atoms with E-state index in [1.165, 1.54) is 0 Å². The van der Waals surface area contributed by atoms with Crippen LogP contribution in [0.3, 0.4) is 0 Å². The van der Waals surface area contributed by atoms with E-state index in [1.807, 2.05) is 0 Å². The Labute approximate surface area is 87.0 Å². The Morgan fingerprint density at radius 3 is 2.81 bits per heavy atom. The van der Waals surface area contributed by atoms with Crippen molar-refractivity contribution in [2.24, 2.45) is 0 Å². The first-order chi connectivity index (χ1) is 7.77. The maximum absolute atomic E-state index is 5.85. The first-order valence-corrected chi connectivity index (χ1v) is 4.18. The average molecular weight is 219 g/mol. The summed E-state index contributed by atoms with van der Waals surface area (Å²) in [6.07, 6.45) is 0. The van der Waals surface area contributed by atoms with Gasteiger partial charge in [-0.15, -0.1) is 10.2 Å². The van der Waals surface area contributed by atoms with Crippen molar-refractivity contribution in [2.75, 3.05) is 11.5 Å². The lowest BCUT2D eigenvalue weighted by molar-refractivity contribution is 0.315. The molecule has 5 N–H and O–H groups in total. The van der Waals surface area contributed by atoms with Crippen molar-refractivity contribution in [3.63, 3.8) is 0 Å². The topological polar surface area (TPSA) is 158 Å². The van der Waals surface area contributed by atoms with Gasteiger partial charge in [-0.2, -0.15) is 5.21 Å². The molecule has 80 valence electrons. The summed E-state index contributed by atoms with van der Waals surface area (Å²) in [5, 5.41) is 20.4. The molecule has 0 aromatic carbocycles. The third-order valence-electron chi connectivity index (χ3n) is 2.05. The molecule has 0 aliphatic carbocycles. The van der Waals surface area contributed by atoms with Crippen LogP contribution in [-0.2, 0) is 0 Å². The Morgan fingerprint density at radius 2 is 2.06 bits per heavy atom. The Kier molecular flexibility index (Phi) is 1.52. The molecule has 0 spiro atoms. The van der Waals surface area contributed by atoms with Crippen LogP contribution in [-0.4, -0.2) is 35.9 Å². The second-order valence-corrected chi connectivity index (χ2v) is 2.96. The zero-order chi connectivity index (χ0) is 11.1. The maximum atomic E-state index is 5.85. The standard InChI is InChI=1S/C6H5N9O/c7-2-1(5-10-14-15-11-5)4(8)9-6-3(2)12-16-13-6/h7H2,(H2,8,9,13)(H,10,11,14,15). The van der Waals surface area contributed by atoms with Crippen molar-refractivity contribution >= 4 is 22.7 Å². The largest absolute Gasteiger partial charge is 0.396 e. The quantitative estimate of drug-likeness (QED) is 0.464. The molecule has 10 heteroatoms. The van der Waals surface area contributed by atoms with Crippen LogP contribution in [0.4, 0.5) is 11.5 Å². The normalized spacial score (nSPS) is 11.0. The summed E-state index contributed by atoms with van der Waals surface area (Å²) in [6, 6.07) is 0. The molecule has 0 unspecified atom stereocenters. The van der Waals surface area contributed by atoms with Gasteiger partial charge in [0.15, 0.2) is 5.52 Å². The van der Waals surface area contributed by atoms with Crippen molar-refractivity contribution in [3.8, 4) is 11.4 Å². The van der Waals surface area contributed by atoms with Crippen LogP contribution in [0.5, 0.6) is 0 Å². The van der Waals surface area contributed by atoms with Crippen molar-refractivity contribution in [2.45, 2.75) is 0 Å². The third kappa shape index (κ3) is 1.00. The summed E-state index contributed by atoms with van der Waals surface area (Å²) in [6.45, 7) is 0. The second-order valence-electron chi connectivity index (χ2n) is 2.96. The van der Waals surface area contributed by atoms with Gasteiger partial charge >= 0.3 is 0 Å². The van der Waals surface area contributed by atoms with E-state index in [0.29, 0.717) is 11.1 Å². The van der Waals surface area contributed by atoms with Crippen molar-refractivity contribution in [1.29, 1.82) is 0 Å². The molecule has 0 saturated carbocycles. The highest BCUT2D eigenvalue weighted by Gasteiger charge is 2.19. The molecule has 3 rings (SSSR count). The first-order valence-electron chi connectivity index (χ1n) is 4.18. The Hall–Kier alpha value is -2.78. The van der Waals surface area contributed by atoms with Gasteiger partial charge in [0, 0.05) is 0 Å². The number of tetrazole rings is 1. The summed E-state index contributed by atoms with van der Waals surface area (Å²) in [7, 11) is 0. The fourth-order valence-electron chi connectivity index (χ4n) is 1.36. The van der Waals surface area contributed by atoms with Gasteiger partial charge in [-0.25, -0.2) is 9.61 Å². The highest BCUT2D eigenvalue weighted by Crippen LogP contribution is 2.31. The maximum Gasteiger partial charge on any atom is 0.228 e. The molecular weight excluding hydrogens is 214 g/mol. The van der Waals surface area contributed by atoms with E-state index in [0.717, 1.165) is 0 Å². The van der Waals surface area contributed by atoms with Crippen LogP contribution in [0.2, 0.25) is 0 Å². The molecular formula is C6H5N9O. The van der Waals surface area contributed by atoms with E-state index in [2.05, 4.69) is 40.6 Å². The van der Waals surface area contributed by atoms with Gasteiger partial charge < -0.3 is 11.5 Å². The van der Waals surface area contributed by atoms with Gasteiger partial charge in [0.05, 0.1) is 11.3 Å². The summed E-state index contributed by atoms with van der Waals surface area (Å²) in [4.78, 5) is 3.96. The molecule has 0 amide bonds. The monoisotopic (exact) mass is 219 g/mol. The van der Waals surface area contributed by atoms with E-state index in [9.17, 15) is 0 Å². The van der Waals surface area contributed by atoms with Crippen molar-refractivity contribution in [3.05, 3.63) is 0 Å². The van der Waals surface area contributed by atoms with Gasteiger partial charge in [0.2, 0.25) is 11.5 Å². The lowest BCUT2D eigenvalue weighted by atomic mass is 10.2. The number of hydrogen-bond acceptors (Lipinski definition) is 9. The molecule has 3 aromatic rings.